The minimum Gasteiger partial charge on any atom is -0.309 e. The van der Waals surface area contributed by atoms with Crippen molar-refractivity contribution in [1.29, 1.82) is 0 Å². The van der Waals surface area contributed by atoms with Crippen LogP contribution in [0.5, 0.6) is 0 Å². The van der Waals surface area contributed by atoms with Crippen molar-refractivity contribution >= 4 is 46.7 Å². The lowest BCUT2D eigenvalue weighted by Gasteiger charge is -2.11. The molecule has 31 heavy (non-hydrogen) atoms. The van der Waals surface area contributed by atoms with Crippen LogP contribution in [0.1, 0.15) is 5.56 Å². The fourth-order valence-corrected chi connectivity index (χ4v) is 4.05. The largest absolute Gasteiger partial charge is 0.309 e. The maximum Gasteiger partial charge on any atom is 0.236 e. The van der Waals surface area contributed by atoms with Crippen molar-refractivity contribution in [2.24, 2.45) is 0 Å². The van der Waals surface area contributed by atoms with Gasteiger partial charge in [-0.3, -0.25) is 9.36 Å². The number of hydrogen-bond donors (Lipinski definition) is 1. The van der Waals surface area contributed by atoms with E-state index in [-0.39, 0.29) is 22.5 Å². The van der Waals surface area contributed by atoms with Gasteiger partial charge in [-0.25, -0.2) is 4.98 Å². The summed E-state index contributed by atoms with van der Waals surface area (Å²) in [5.41, 5.74) is 3.00. The normalized spacial score (nSPS) is 10.8. The first-order chi connectivity index (χ1) is 15.0. The number of rotatable bonds is 6. The van der Waals surface area contributed by atoms with Crippen LogP contribution in [0.4, 0.5) is 5.82 Å². The van der Waals surface area contributed by atoms with E-state index in [1.54, 1.807) is 0 Å². The molecule has 0 aliphatic heterocycles. The summed E-state index contributed by atoms with van der Waals surface area (Å²) < 4.78 is 1.94. The predicted molar refractivity (Wildman–Crippen MR) is 125 cm³/mol. The molecule has 4 aromatic rings. The van der Waals surface area contributed by atoms with Crippen molar-refractivity contribution in [3.63, 3.8) is 0 Å². The number of hydrogen-bond acceptors (Lipinski definition) is 5. The first kappa shape index (κ1) is 21.4. The number of carbonyl (C=O) groups is 1. The summed E-state index contributed by atoms with van der Waals surface area (Å²) in [4.78, 5) is 16.5. The Morgan fingerprint density at radius 1 is 1.06 bits per heavy atom. The summed E-state index contributed by atoms with van der Waals surface area (Å²) in [7, 11) is 0. The third-order valence-corrected chi connectivity index (χ3v) is 5.78. The van der Waals surface area contributed by atoms with Gasteiger partial charge in [0.25, 0.3) is 0 Å². The Balaban J connectivity index is 1.58. The van der Waals surface area contributed by atoms with Crippen LogP contribution >= 0.6 is 35.0 Å². The Morgan fingerprint density at radius 2 is 1.81 bits per heavy atom. The van der Waals surface area contributed by atoms with Crippen molar-refractivity contribution in [2.45, 2.75) is 12.1 Å². The van der Waals surface area contributed by atoms with E-state index in [4.69, 9.17) is 23.2 Å². The van der Waals surface area contributed by atoms with Crippen LogP contribution in [0.3, 0.4) is 0 Å². The Morgan fingerprint density at radius 3 is 2.52 bits per heavy atom. The molecular formula is C22H17Cl2N5OS. The standard InChI is InChI=1S/C22H17Cl2N5OS/c1-14-7-9-17(10-8-14)29-21(15-5-3-2-4-6-15)27-28-22(29)31-13-19(30)26-20-18(24)11-16(23)12-25-20/h2-12H,13H2,1H3,(H,25,26,30). The van der Waals surface area contributed by atoms with E-state index < -0.39 is 0 Å². The molecule has 4 rings (SSSR count). The molecule has 156 valence electrons. The Labute approximate surface area is 193 Å². The minimum absolute atomic E-state index is 0.111. The van der Waals surface area contributed by atoms with Gasteiger partial charge < -0.3 is 5.32 Å². The monoisotopic (exact) mass is 469 g/mol. The summed E-state index contributed by atoms with van der Waals surface area (Å²) in [5.74, 6) is 0.817. The zero-order chi connectivity index (χ0) is 21.8. The van der Waals surface area contributed by atoms with Crippen molar-refractivity contribution in [2.75, 3.05) is 11.1 Å². The van der Waals surface area contributed by atoms with Gasteiger partial charge in [-0.1, -0.05) is 83.0 Å². The summed E-state index contributed by atoms with van der Waals surface area (Å²) in [6, 6.07) is 19.4. The zero-order valence-corrected chi connectivity index (χ0v) is 18.7. The molecule has 6 nitrogen and oxygen atoms in total. The number of amides is 1. The van der Waals surface area contributed by atoms with Gasteiger partial charge in [0.1, 0.15) is 0 Å². The molecule has 0 saturated heterocycles. The van der Waals surface area contributed by atoms with Crippen LogP contribution in [0.2, 0.25) is 10.0 Å². The van der Waals surface area contributed by atoms with Gasteiger partial charge in [0.05, 0.1) is 15.8 Å². The van der Waals surface area contributed by atoms with Crippen LogP contribution in [0, 0.1) is 6.92 Å². The molecule has 0 bridgehead atoms. The summed E-state index contributed by atoms with van der Waals surface area (Å²) in [5, 5.41) is 12.7. The van der Waals surface area contributed by atoms with Crippen LogP contribution in [-0.2, 0) is 4.79 Å². The lowest BCUT2D eigenvalue weighted by molar-refractivity contribution is -0.113. The van der Waals surface area contributed by atoms with E-state index in [1.807, 2.05) is 66.1 Å². The molecule has 2 heterocycles. The van der Waals surface area contributed by atoms with Crippen molar-refractivity contribution in [3.8, 4) is 17.1 Å². The van der Waals surface area contributed by atoms with E-state index in [9.17, 15) is 4.79 Å². The zero-order valence-electron chi connectivity index (χ0n) is 16.4. The molecule has 0 fully saturated rings. The van der Waals surface area contributed by atoms with E-state index in [2.05, 4.69) is 20.5 Å². The molecule has 0 saturated carbocycles. The fourth-order valence-electron chi connectivity index (χ4n) is 2.87. The van der Waals surface area contributed by atoms with E-state index in [1.165, 1.54) is 24.0 Å². The second kappa shape index (κ2) is 9.51. The molecule has 0 radical (unpaired) electrons. The molecule has 0 aliphatic rings. The number of aromatic nitrogens is 4. The maximum atomic E-state index is 12.5. The number of halogens is 2. The number of pyridine rings is 1. The molecule has 1 amide bonds. The molecule has 0 unspecified atom stereocenters. The average Bonchev–Trinajstić information content (AvgIpc) is 3.19. The molecule has 9 heteroatoms. The summed E-state index contributed by atoms with van der Waals surface area (Å²) >= 11 is 13.2. The lowest BCUT2D eigenvalue weighted by Crippen LogP contribution is -2.15. The quantitative estimate of drug-likeness (QED) is 0.368. The van der Waals surface area contributed by atoms with Gasteiger partial charge >= 0.3 is 0 Å². The highest BCUT2D eigenvalue weighted by Crippen LogP contribution is 2.28. The Hall–Kier alpha value is -2.87. The van der Waals surface area contributed by atoms with Gasteiger partial charge in [-0.05, 0) is 25.1 Å². The molecule has 2 aromatic carbocycles. The first-order valence-corrected chi connectivity index (χ1v) is 11.1. The molecule has 0 spiro atoms. The van der Waals surface area contributed by atoms with Crippen molar-refractivity contribution < 1.29 is 4.79 Å². The number of thioether (sulfide) groups is 1. The van der Waals surface area contributed by atoms with Crippen molar-refractivity contribution in [1.82, 2.24) is 19.7 Å². The summed E-state index contributed by atoms with van der Waals surface area (Å²) in [6.45, 7) is 2.03. The number of nitrogens with zero attached hydrogens (tertiary/aromatic N) is 4. The third-order valence-electron chi connectivity index (χ3n) is 4.36. The van der Waals surface area contributed by atoms with Gasteiger partial charge in [-0.15, -0.1) is 10.2 Å². The minimum atomic E-state index is -0.263. The van der Waals surface area contributed by atoms with E-state index in [0.29, 0.717) is 16.0 Å². The molecule has 2 aromatic heterocycles. The van der Waals surface area contributed by atoms with Gasteiger partial charge in [-0.2, -0.15) is 0 Å². The highest BCUT2D eigenvalue weighted by atomic mass is 35.5. The molecule has 0 atom stereocenters. The molecular weight excluding hydrogens is 453 g/mol. The van der Waals surface area contributed by atoms with Crippen LogP contribution in [0.25, 0.3) is 17.1 Å². The Bertz CT molecular complexity index is 1210. The second-order valence-electron chi connectivity index (χ2n) is 6.66. The fraction of sp³-hybridized carbons (Fsp3) is 0.0909. The number of nitrogens with one attached hydrogen (secondary N) is 1. The Kier molecular flexibility index (Phi) is 6.56. The third kappa shape index (κ3) is 5.07. The highest BCUT2D eigenvalue weighted by Gasteiger charge is 2.17. The van der Waals surface area contributed by atoms with E-state index >= 15 is 0 Å². The SMILES string of the molecule is Cc1ccc(-n2c(SCC(=O)Nc3ncc(Cl)cc3Cl)nnc2-c2ccccc2)cc1. The van der Waals surface area contributed by atoms with E-state index in [0.717, 1.165) is 16.8 Å². The molecule has 0 aliphatic carbocycles. The number of carbonyl (C=O) groups excluding carboxylic acids is 1. The topological polar surface area (TPSA) is 72.7 Å². The van der Waals surface area contributed by atoms with Crippen molar-refractivity contribution in [3.05, 3.63) is 82.5 Å². The predicted octanol–water partition coefficient (Wildman–Crippen LogP) is 5.68. The maximum absolute atomic E-state index is 12.5. The second-order valence-corrected chi connectivity index (χ2v) is 8.45. The van der Waals surface area contributed by atoms with Gasteiger partial charge in [0, 0.05) is 17.4 Å². The number of anilines is 1. The number of aryl methyl sites for hydroxylation is 1. The number of benzene rings is 2. The lowest BCUT2D eigenvalue weighted by atomic mass is 10.2. The first-order valence-electron chi connectivity index (χ1n) is 9.33. The van der Waals surface area contributed by atoms with Gasteiger partial charge in [0.2, 0.25) is 5.91 Å². The van der Waals surface area contributed by atoms with Gasteiger partial charge in [0.15, 0.2) is 16.8 Å². The highest BCUT2D eigenvalue weighted by molar-refractivity contribution is 7.99. The van der Waals surface area contributed by atoms with Crippen LogP contribution in [0.15, 0.2) is 72.0 Å². The molecule has 1 N–H and O–H groups in total. The van der Waals surface area contributed by atoms with Crippen LogP contribution in [-0.4, -0.2) is 31.4 Å². The average molecular weight is 470 g/mol. The smallest absolute Gasteiger partial charge is 0.236 e. The summed E-state index contributed by atoms with van der Waals surface area (Å²) in [6.07, 6.45) is 1.43. The van der Waals surface area contributed by atoms with Crippen LogP contribution < -0.4 is 5.32 Å².